The number of hydrogen-bond donors (Lipinski definition) is 0. The summed E-state index contributed by atoms with van der Waals surface area (Å²) < 4.78 is 11.2. The molecule has 0 amide bonds. The van der Waals surface area contributed by atoms with E-state index in [1.54, 1.807) is 0 Å². The maximum absolute atomic E-state index is 6.37. The summed E-state index contributed by atoms with van der Waals surface area (Å²) in [5, 5.41) is 12.7. The Morgan fingerprint density at radius 3 is 1.48 bits per heavy atom. The summed E-state index contributed by atoms with van der Waals surface area (Å²) in [4.78, 5) is 0. The molecule has 0 bridgehead atoms. The van der Waals surface area contributed by atoms with Crippen LogP contribution in [-0.4, -0.2) is 17.2 Å². The third-order valence-electron chi connectivity index (χ3n) is 12.3. The van der Waals surface area contributed by atoms with Gasteiger partial charge in [0.25, 0.3) is 0 Å². The average molecular weight is 757 g/mol. The van der Waals surface area contributed by atoms with Crippen LogP contribution in [0.5, 0.6) is 0 Å². The normalized spacial score (nSPS) is 12.1. The molecule has 0 radical (unpaired) electrons. The van der Waals surface area contributed by atoms with Crippen molar-refractivity contribution in [3.8, 4) is 11.4 Å². The first-order chi connectivity index (χ1) is 28.8. The van der Waals surface area contributed by atoms with Gasteiger partial charge >= 0.3 is 0 Å². The first-order valence-corrected chi connectivity index (χ1v) is 21.9. The number of furan rings is 1. The largest absolute Gasteiger partial charge is 0.456 e. The highest BCUT2D eigenvalue weighted by molar-refractivity contribution is 7.20. The maximum atomic E-state index is 6.37. The fourth-order valence-corrected chi connectivity index (χ4v) is 14.6. The lowest BCUT2D eigenvalue weighted by Gasteiger charge is -2.34. The number of nitrogens with zero attached hydrogens (tertiary/aromatic N) is 2. The van der Waals surface area contributed by atoms with E-state index in [4.69, 9.17) is 4.42 Å². The second kappa shape index (κ2) is 12.8. The number of rotatable bonds is 6. The molecule has 3 aromatic heterocycles. The molecule has 0 N–H and O–H groups in total. The Morgan fingerprint density at radius 2 is 0.776 bits per heavy atom. The zero-order valence-electron chi connectivity index (χ0n) is 31.6. The molecular formula is C54H36N2OSi. The Hall–Kier alpha value is -7.40. The van der Waals surface area contributed by atoms with E-state index in [1.807, 2.05) is 6.07 Å². The van der Waals surface area contributed by atoms with Crippen LogP contribution >= 0.6 is 0 Å². The summed E-state index contributed by atoms with van der Waals surface area (Å²) in [5.74, 6) is 0. The van der Waals surface area contributed by atoms with Crippen molar-refractivity contribution < 1.29 is 4.42 Å². The molecule has 272 valence electrons. The van der Waals surface area contributed by atoms with Gasteiger partial charge in [-0.25, -0.2) is 0 Å². The van der Waals surface area contributed by atoms with E-state index in [0.717, 1.165) is 22.2 Å². The van der Waals surface area contributed by atoms with Gasteiger partial charge in [-0.3, -0.25) is 0 Å². The van der Waals surface area contributed by atoms with Gasteiger partial charge in [0.2, 0.25) is 0 Å². The van der Waals surface area contributed by atoms with Crippen molar-refractivity contribution in [1.82, 2.24) is 9.13 Å². The van der Waals surface area contributed by atoms with Crippen molar-refractivity contribution >= 4 is 94.4 Å². The summed E-state index contributed by atoms with van der Waals surface area (Å²) >= 11 is 0. The first kappa shape index (κ1) is 32.8. The molecule has 0 aliphatic rings. The zero-order valence-corrected chi connectivity index (χ0v) is 32.6. The topological polar surface area (TPSA) is 23.0 Å². The van der Waals surface area contributed by atoms with Crippen molar-refractivity contribution in [1.29, 1.82) is 0 Å². The van der Waals surface area contributed by atoms with Crippen molar-refractivity contribution in [2.24, 2.45) is 0 Å². The predicted molar refractivity (Wildman–Crippen MR) is 246 cm³/mol. The van der Waals surface area contributed by atoms with E-state index >= 15 is 0 Å². The Labute approximate surface area is 336 Å². The molecule has 0 saturated heterocycles. The molecule has 0 spiro atoms. The zero-order chi connectivity index (χ0) is 38.2. The van der Waals surface area contributed by atoms with Gasteiger partial charge in [-0.2, -0.15) is 0 Å². The lowest BCUT2D eigenvalue weighted by molar-refractivity contribution is 0.669. The highest BCUT2D eigenvalue weighted by Gasteiger charge is 2.41. The molecule has 0 fully saturated rings. The van der Waals surface area contributed by atoms with Crippen LogP contribution in [0.1, 0.15) is 0 Å². The van der Waals surface area contributed by atoms with Gasteiger partial charge in [-0.1, -0.05) is 158 Å². The van der Waals surface area contributed by atoms with Gasteiger partial charge in [0.05, 0.1) is 22.1 Å². The van der Waals surface area contributed by atoms with Gasteiger partial charge in [0.15, 0.2) is 8.07 Å². The summed E-state index contributed by atoms with van der Waals surface area (Å²) in [6.07, 6.45) is 0. The molecule has 3 heterocycles. The third kappa shape index (κ3) is 4.67. The minimum atomic E-state index is -2.88. The molecule has 3 nitrogen and oxygen atoms in total. The van der Waals surface area contributed by atoms with E-state index in [-0.39, 0.29) is 0 Å². The van der Waals surface area contributed by atoms with Crippen molar-refractivity contribution in [2.45, 2.75) is 0 Å². The molecule has 0 unspecified atom stereocenters. The van der Waals surface area contributed by atoms with Crippen LogP contribution in [0, 0.1) is 0 Å². The number of aromatic nitrogens is 2. The van der Waals surface area contributed by atoms with Gasteiger partial charge in [0, 0.05) is 43.7 Å². The van der Waals surface area contributed by atoms with E-state index in [0.29, 0.717) is 0 Å². The molecule has 0 aliphatic carbocycles. The third-order valence-corrected chi connectivity index (χ3v) is 17.0. The molecule has 4 heteroatoms. The van der Waals surface area contributed by atoms with E-state index in [2.05, 4.69) is 221 Å². The molecular weight excluding hydrogens is 721 g/mol. The predicted octanol–water partition coefficient (Wildman–Crippen LogP) is 11.2. The number of fused-ring (bicyclic) bond motifs is 10. The second-order valence-corrected chi connectivity index (χ2v) is 19.0. The monoisotopic (exact) mass is 756 g/mol. The lowest BCUT2D eigenvalue weighted by Crippen LogP contribution is -2.74. The highest BCUT2D eigenvalue weighted by atomic mass is 28.3. The Balaban J connectivity index is 1.12. The lowest BCUT2D eigenvalue weighted by atomic mass is 10.1. The Bertz CT molecular complexity index is 3450. The molecule has 58 heavy (non-hydrogen) atoms. The van der Waals surface area contributed by atoms with Crippen molar-refractivity contribution in [3.63, 3.8) is 0 Å². The number of hydrogen-bond acceptors (Lipinski definition) is 1. The van der Waals surface area contributed by atoms with Crippen LogP contribution in [-0.2, 0) is 0 Å². The SMILES string of the molecule is c1ccc(-n2c3ccccc3c3cc([Si](c4ccccc4)(c4ccccc4)c4ccc(-n5c6ccccc6c6c7c(ccc65)oc5ccccc57)cc4)ccc32)cc1. The van der Waals surface area contributed by atoms with Crippen LogP contribution in [0.25, 0.3) is 76.9 Å². The Morgan fingerprint density at radius 1 is 0.293 bits per heavy atom. The van der Waals surface area contributed by atoms with E-state index in [1.165, 1.54) is 75.4 Å². The standard InChI is InChI=1S/C54H36N2OSi/c1-4-16-37(17-5-1)55-47-25-13-10-22-43(47)46-36-42(32-33-49(46)55)58(39-18-6-2-7-19-39,40-20-8-3-9-21-40)41-30-28-38(29-31-41)56-48-26-14-11-23-44(48)53-50(56)34-35-52-54(53)45-24-12-15-27-51(45)57-52/h1-36H. The molecule has 0 saturated carbocycles. The first-order valence-electron chi connectivity index (χ1n) is 19.9. The van der Waals surface area contributed by atoms with E-state index < -0.39 is 8.07 Å². The van der Waals surface area contributed by atoms with Crippen LogP contribution < -0.4 is 20.7 Å². The molecule has 12 rings (SSSR count). The summed E-state index contributed by atoms with van der Waals surface area (Å²) in [6, 6.07) is 80.3. The van der Waals surface area contributed by atoms with Gasteiger partial charge < -0.3 is 13.6 Å². The second-order valence-electron chi connectivity index (χ2n) is 15.2. The summed E-state index contributed by atoms with van der Waals surface area (Å²) in [6.45, 7) is 0. The fourth-order valence-electron chi connectivity index (χ4n) is 9.85. The molecule has 0 atom stereocenters. The molecule has 9 aromatic carbocycles. The fraction of sp³-hybridized carbons (Fsp3) is 0. The van der Waals surface area contributed by atoms with Gasteiger partial charge in [-0.15, -0.1) is 0 Å². The van der Waals surface area contributed by atoms with Crippen molar-refractivity contribution in [2.75, 3.05) is 0 Å². The van der Waals surface area contributed by atoms with E-state index in [9.17, 15) is 0 Å². The highest BCUT2D eigenvalue weighted by Crippen LogP contribution is 2.41. The minimum absolute atomic E-state index is 0.914. The quantitative estimate of drug-likeness (QED) is 0.122. The summed E-state index contributed by atoms with van der Waals surface area (Å²) in [5.41, 5.74) is 8.89. The van der Waals surface area contributed by atoms with Crippen LogP contribution in [0.4, 0.5) is 0 Å². The number of benzene rings is 9. The Kier molecular flexibility index (Phi) is 7.25. The number of para-hydroxylation sites is 4. The molecule has 12 aromatic rings. The smallest absolute Gasteiger partial charge is 0.179 e. The molecule has 0 aliphatic heterocycles. The van der Waals surface area contributed by atoms with Crippen LogP contribution in [0.2, 0.25) is 0 Å². The summed E-state index contributed by atoms with van der Waals surface area (Å²) in [7, 11) is -2.88. The van der Waals surface area contributed by atoms with Crippen LogP contribution in [0.15, 0.2) is 223 Å². The van der Waals surface area contributed by atoms with Gasteiger partial charge in [-0.05, 0) is 81.4 Å². The van der Waals surface area contributed by atoms with Crippen LogP contribution in [0.3, 0.4) is 0 Å². The van der Waals surface area contributed by atoms with Gasteiger partial charge in [0.1, 0.15) is 11.2 Å². The minimum Gasteiger partial charge on any atom is -0.456 e. The average Bonchev–Trinajstić information content (AvgIpc) is 3.95. The maximum Gasteiger partial charge on any atom is 0.179 e. The van der Waals surface area contributed by atoms with Crippen molar-refractivity contribution in [3.05, 3.63) is 218 Å².